The number of carbonyl (C=O) groups is 1. The SMILES string of the molecule is CC(F)(F)c1ccc(F)c(OC(N)=O)c1. The van der Waals surface area contributed by atoms with Crippen LogP contribution in [-0.4, -0.2) is 6.09 Å². The summed E-state index contributed by atoms with van der Waals surface area (Å²) in [7, 11) is 0. The summed E-state index contributed by atoms with van der Waals surface area (Å²) in [5.41, 5.74) is 4.18. The third-order valence-corrected chi connectivity index (χ3v) is 1.65. The van der Waals surface area contributed by atoms with Crippen molar-refractivity contribution in [2.24, 2.45) is 5.73 Å². The van der Waals surface area contributed by atoms with E-state index in [9.17, 15) is 18.0 Å². The fourth-order valence-corrected chi connectivity index (χ4v) is 0.963. The molecule has 2 N–H and O–H groups in total. The Bertz CT molecular complexity index is 387. The molecule has 0 aliphatic heterocycles. The van der Waals surface area contributed by atoms with Crippen LogP contribution in [0.15, 0.2) is 18.2 Å². The Labute approximate surface area is 83.6 Å². The number of ether oxygens (including phenoxy) is 1. The summed E-state index contributed by atoms with van der Waals surface area (Å²) in [5, 5.41) is 0. The topological polar surface area (TPSA) is 52.3 Å². The first-order chi connectivity index (χ1) is 6.80. The number of halogens is 3. The van der Waals surface area contributed by atoms with Crippen LogP contribution < -0.4 is 10.5 Å². The molecular formula is C9H8F3NO2. The van der Waals surface area contributed by atoms with E-state index < -0.39 is 29.1 Å². The van der Waals surface area contributed by atoms with Gasteiger partial charge >= 0.3 is 6.09 Å². The molecule has 0 unspecified atom stereocenters. The zero-order valence-corrected chi connectivity index (χ0v) is 7.76. The van der Waals surface area contributed by atoms with Crippen molar-refractivity contribution in [3.63, 3.8) is 0 Å². The molecule has 0 radical (unpaired) electrons. The lowest BCUT2D eigenvalue weighted by atomic mass is 10.1. The van der Waals surface area contributed by atoms with Crippen LogP contribution in [0.4, 0.5) is 18.0 Å². The molecule has 0 fully saturated rings. The first-order valence-electron chi connectivity index (χ1n) is 3.96. The van der Waals surface area contributed by atoms with E-state index in [0.717, 1.165) is 18.2 Å². The normalized spacial score (nSPS) is 11.2. The highest BCUT2D eigenvalue weighted by Gasteiger charge is 2.25. The number of carbonyl (C=O) groups excluding carboxylic acids is 1. The Morgan fingerprint density at radius 1 is 1.47 bits per heavy atom. The Kier molecular flexibility index (Phi) is 2.88. The van der Waals surface area contributed by atoms with Crippen LogP contribution in [0.5, 0.6) is 5.75 Å². The van der Waals surface area contributed by atoms with Crippen molar-refractivity contribution < 1.29 is 22.7 Å². The molecule has 3 nitrogen and oxygen atoms in total. The molecule has 0 aliphatic carbocycles. The summed E-state index contributed by atoms with van der Waals surface area (Å²) in [5.74, 6) is -4.67. The fourth-order valence-electron chi connectivity index (χ4n) is 0.963. The predicted octanol–water partition coefficient (Wildman–Crippen LogP) is 2.39. The molecule has 15 heavy (non-hydrogen) atoms. The predicted molar refractivity (Wildman–Crippen MR) is 46.2 cm³/mol. The molecule has 0 atom stereocenters. The molecule has 1 aromatic rings. The molecule has 0 saturated heterocycles. The van der Waals surface area contributed by atoms with Gasteiger partial charge in [0.15, 0.2) is 11.6 Å². The number of alkyl halides is 2. The number of hydrogen-bond acceptors (Lipinski definition) is 2. The van der Waals surface area contributed by atoms with Gasteiger partial charge in [0.25, 0.3) is 5.92 Å². The highest BCUT2D eigenvalue weighted by Crippen LogP contribution is 2.30. The molecule has 1 amide bonds. The van der Waals surface area contributed by atoms with E-state index in [1.165, 1.54) is 0 Å². The Morgan fingerprint density at radius 2 is 2.07 bits per heavy atom. The number of primary amides is 1. The zero-order chi connectivity index (χ0) is 11.6. The lowest BCUT2D eigenvalue weighted by molar-refractivity contribution is 0.0172. The molecule has 1 aromatic carbocycles. The summed E-state index contributed by atoms with van der Waals surface area (Å²) in [6.45, 7) is 0.647. The van der Waals surface area contributed by atoms with E-state index in [1.807, 2.05) is 0 Å². The maximum atomic E-state index is 12.9. The maximum absolute atomic E-state index is 12.9. The van der Waals surface area contributed by atoms with Gasteiger partial charge in [-0.3, -0.25) is 0 Å². The third-order valence-electron chi connectivity index (χ3n) is 1.65. The van der Waals surface area contributed by atoms with Crippen LogP contribution in [0.25, 0.3) is 0 Å². The summed E-state index contributed by atoms with van der Waals surface area (Å²) in [6.07, 6.45) is -1.26. The standard InChI is InChI=1S/C9H8F3NO2/c1-9(11,12)5-2-3-6(10)7(4-5)15-8(13)14/h2-4H,1H3,(H2,13,14). The van der Waals surface area contributed by atoms with Gasteiger partial charge in [-0.25, -0.2) is 18.0 Å². The van der Waals surface area contributed by atoms with Crippen LogP contribution in [-0.2, 0) is 5.92 Å². The number of nitrogens with two attached hydrogens (primary N) is 1. The van der Waals surface area contributed by atoms with Crippen molar-refractivity contribution >= 4 is 6.09 Å². The van der Waals surface area contributed by atoms with Crippen LogP contribution in [0.1, 0.15) is 12.5 Å². The molecule has 0 aromatic heterocycles. The van der Waals surface area contributed by atoms with E-state index in [4.69, 9.17) is 0 Å². The van der Waals surface area contributed by atoms with E-state index >= 15 is 0 Å². The van der Waals surface area contributed by atoms with Gasteiger partial charge in [-0.05, 0) is 18.2 Å². The smallest absolute Gasteiger partial charge is 0.407 e. The van der Waals surface area contributed by atoms with Crippen molar-refractivity contribution in [1.82, 2.24) is 0 Å². The largest absolute Gasteiger partial charge is 0.410 e. The Hall–Kier alpha value is -1.72. The zero-order valence-electron chi connectivity index (χ0n) is 7.76. The van der Waals surface area contributed by atoms with Crippen molar-refractivity contribution in [2.45, 2.75) is 12.8 Å². The number of rotatable bonds is 2. The van der Waals surface area contributed by atoms with Gasteiger partial charge in [-0.15, -0.1) is 0 Å². The van der Waals surface area contributed by atoms with Crippen LogP contribution >= 0.6 is 0 Å². The van der Waals surface area contributed by atoms with Crippen LogP contribution in [0, 0.1) is 5.82 Å². The van der Waals surface area contributed by atoms with Gasteiger partial charge in [0, 0.05) is 12.5 Å². The number of benzene rings is 1. The molecule has 0 saturated carbocycles. The van der Waals surface area contributed by atoms with E-state index in [0.29, 0.717) is 6.92 Å². The monoisotopic (exact) mass is 219 g/mol. The van der Waals surface area contributed by atoms with Crippen molar-refractivity contribution in [1.29, 1.82) is 0 Å². The highest BCUT2D eigenvalue weighted by molar-refractivity contribution is 5.68. The van der Waals surface area contributed by atoms with E-state index in [-0.39, 0.29) is 0 Å². The van der Waals surface area contributed by atoms with Gasteiger partial charge in [-0.2, -0.15) is 0 Å². The highest BCUT2D eigenvalue weighted by atomic mass is 19.3. The molecule has 0 heterocycles. The van der Waals surface area contributed by atoms with E-state index in [1.54, 1.807) is 0 Å². The minimum atomic E-state index is -3.14. The van der Waals surface area contributed by atoms with Gasteiger partial charge in [0.05, 0.1) is 0 Å². The van der Waals surface area contributed by atoms with Crippen LogP contribution in [0.2, 0.25) is 0 Å². The first-order valence-corrected chi connectivity index (χ1v) is 3.96. The first kappa shape index (κ1) is 11.4. The molecule has 0 spiro atoms. The molecular weight excluding hydrogens is 211 g/mol. The Balaban J connectivity index is 3.11. The Morgan fingerprint density at radius 3 is 2.53 bits per heavy atom. The van der Waals surface area contributed by atoms with Gasteiger partial charge in [0.2, 0.25) is 0 Å². The summed E-state index contributed by atoms with van der Waals surface area (Å²) >= 11 is 0. The summed E-state index contributed by atoms with van der Waals surface area (Å²) < 4.78 is 42.8. The number of amides is 1. The quantitative estimate of drug-likeness (QED) is 0.830. The molecule has 82 valence electrons. The van der Waals surface area contributed by atoms with Gasteiger partial charge in [-0.1, -0.05) is 0 Å². The second-order valence-corrected chi connectivity index (χ2v) is 2.95. The second kappa shape index (κ2) is 3.80. The van der Waals surface area contributed by atoms with Crippen LogP contribution in [0.3, 0.4) is 0 Å². The second-order valence-electron chi connectivity index (χ2n) is 2.95. The van der Waals surface area contributed by atoms with Gasteiger partial charge in [0.1, 0.15) is 0 Å². The fraction of sp³-hybridized carbons (Fsp3) is 0.222. The summed E-state index contributed by atoms with van der Waals surface area (Å²) in [6, 6.07) is 2.42. The molecule has 0 aliphatic rings. The minimum absolute atomic E-state index is 0.458. The average molecular weight is 219 g/mol. The van der Waals surface area contributed by atoms with Crippen molar-refractivity contribution in [3.8, 4) is 5.75 Å². The lowest BCUT2D eigenvalue weighted by Gasteiger charge is -2.11. The third kappa shape index (κ3) is 2.87. The summed E-state index contributed by atoms with van der Waals surface area (Å²) in [4.78, 5) is 10.3. The number of hydrogen-bond donors (Lipinski definition) is 1. The van der Waals surface area contributed by atoms with E-state index in [2.05, 4.69) is 10.5 Å². The molecule has 6 heteroatoms. The van der Waals surface area contributed by atoms with Crippen molar-refractivity contribution in [3.05, 3.63) is 29.6 Å². The van der Waals surface area contributed by atoms with Crippen molar-refractivity contribution in [2.75, 3.05) is 0 Å². The average Bonchev–Trinajstić information content (AvgIpc) is 2.06. The maximum Gasteiger partial charge on any atom is 0.410 e. The lowest BCUT2D eigenvalue weighted by Crippen LogP contribution is -2.17. The molecule has 0 bridgehead atoms. The minimum Gasteiger partial charge on any atom is -0.407 e. The van der Waals surface area contributed by atoms with Gasteiger partial charge < -0.3 is 10.5 Å². The molecule has 1 rings (SSSR count).